The summed E-state index contributed by atoms with van der Waals surface area (Å²) in [4.78, 5) is 12.1. The second-order valence-electron chi connectivity index (χ2n) is 5.35. The summed E-state index contributed by atoms with van der Waals surface area (Å²) < 4.78 is 0. The molecule has 0 saturated heterocycles. The van der Waals surface area contributed by atoms with Gasteiger partial charge in [0.25, 0.3) is 0 Å². The van der Waals surface area contributed by atoms with Crippen LogP contribution in [0, 0.1) is 16.2 Å². The van der Waals surface area contributed by atoms with Gasteiger partial charge in [-0.15, -0.1) is 0 Å². The fourth-order valence-corrected chi connectivity index (χ4v) is 5.40. The number of alkyl halides is 1. The number of rotatable bonds is 1. The summed E-state index contributed by atoms with van der Waals surface area (Å²) in [6.45, 7) is 6.60. The number of hydrazine groups is 1. The maximum Gasteiger partial charge on any atom is 0.241 e. The third-order valence-corrected chi connectivity index (χ3v) is 6.90. The minimum atomic E-state index is -0.295. The monoisotopic (exact) mass is 260 g/mol. The summed E-state index contributed by atoms with van der Waals surface area (Å²) in [5.41, 5.74) is 2.30. The van der Waals surface area contributed by atoms with Crippen LogP contribution >= 0.6 is 15.9 Å². The van der Waals surface area contributed by atoms with Crippen LogP contribution in [-0.4, -0.2) is 10.7 Å². The van der Waals surface area contributed by atoms with Crippen molar-refractivity contribution in [3.05, 3.63) is 0 Å². The van der Waals surface area contributed by atoms with Crippen LogP contribution in [0.3, 0.4) is 0 Å². The first kappa shape index (κ1) is 10.4. The van der Waals surface area contributed by atoms with Gasteiger partial charge in [-0.3, -0.25) is 10.2 Å². The van der Waals surface area contributed by atoms with E-state index in [-0.39, 0.29) is 27.0 Å². The molecule has 0 aromatic heterocycles. The summed E-state index contributed by atoms with van der Waals surface area (Å²) in [5, 5.41) is 0. The van der Waals surface area contributed by atoms with Crippen LogP contribution in [0.25, 0.3) is 0 Å². The molecule has 80 valence electrons. The zero-order valence-corrected chi connectivity index (χ0v) is 10.4. The molecule has 3 rings (SSSR count). The molecule has 3 N–H and O–H groups in total. The predicted octanol–water partition coefficient (Wildman–Crippen LogP) is 1.57. The van der Waals surface area contributed by atoms with Gasteiger partial charge in [-0.2, -0.15) is 0 Å². The van der Waals surface area contributed by atoms with E-state index in [0.717, 1.165) is 12.8 Å². The van der Waals surface area contributed by atoms with E-state index in [2.05, 4.69) is 42.1 Å². The number of hydrogen-bond donors (Lipinski definition) is 2. The van der Waals surface area contributed by atoms with Crippen molar-refractivity contribution in [2.75, 3.05) is 0 Å². The van der Waals surface area contributed by atoms with Crippen LogP contribution in [0.1, 0.15) is 33.6 Å². The van der Waals surface area contributed by atoms with E-state index in [4.69, 9.17) is 5.84 Å². The van der Waals surface area contributed by atoms with Crippen molar-refractivity contribution >= 4 is 21.8 Å². The summed E-state index contributed by atoms with van der Waals surface area (Å²) >= 11 is 3.67. The third-order valence-electron chi connectivity index (χ3n) is 5.11. The van der Waals surface area contributed by atoms with Crippen LogP contribution < -0.4 is 11.3 Å². The van der Waals surface area contributed by atoms with Crippen molar-refractivity contribution in [2.24, 2.45) is 22.1 Å². The van der Waals surface area contributed by atoms with Gasteiger partial charge in [-0.05, 0) is 23.7 Å². The molecule has 0 aromatic carbocycles. The van der Waals surface area contributed by atoms with E-state index in [9.17, 15) is 4.79 Å². The number of amides is 1. The molecule has 0 aliphatic heterocycles. The van der Waals surface area contributed by atoms with Crippen LogP contribution in [0.2, 0.25) is 0 Å². The Morgan fingerprint density at radius 3 is 2.29 bits per heavy atom. The Balaban J connectivity index is 2.44. The van der Waals surface area contributed by atoms with E-state index in [1.807, 2.05) is 0 Å². The van der Waals surface area contributed by atoms with Gasteiger partial charge in [0.2, 0.25) is 5.91 Å². The SMILES string of the molecule is CC1(C)[C@]2(C(=O)NN)CC[C@]1(C)[C@H]2Br. The highest BCUT2D eigenvalue weighted by Gasteiger charge is 2.79. The zero-order valence-electron chi connectivity index (χ0n) is 8.86. The molecular formula is C10H17BrN2O. The molecule has 14 heavy (non-hydrogen) atoms. The number of nitrogens with two attached hydrogens (primary N) is 1. The number of hydrogen-bond acceptors (Lipinski definition) is 2. The van der Waals surface area contributed by atoms with Crippen LogP contribution in [0.5, 0.6) is 0 Å². The highest BCUT2D eigenvalue weighted by molar-refractivity contribution is 9.09. The molecule has 0 unspecified atom stereocenters. The van der Waals surface area contributed by atoms with E-state index in [0.29, 0.717) is 0 Å². The molecular weight excluding hydrogens is 244 g/mol. The maximum absolute atomic E-state index is 11.9. The fraction of sp³-hybridized carbons (Fsp3) is 0.900. The normalized spacial score (nSPS) is 48.5. The minimum Gasteiger partial charge on any atom is -0.294 e. The first-order valence-electron chi connectivity index (χ1n) is 5.00. The fourth-order valence-electron chi connectivity index (χ4n) is 3.59. The molecule has 3 aliphatic rings. The Labute approximate surface area is 92.9 Å². The minimum absolute atomic E-state index is 0.0145. The van der Waals surface area contributed by atoms with Gasteiger partial charge in [0, 0.05) is 4.83 Å². The lowest BCUT2D eigenvalue weighted by Gasteiger charge is -2.63. The molecule has 2 bridgehead atoms. The van der Waals surface area contributed by atoms with Gasteiger partial charge in [0.05, 0.1) is 5.41 Å². The smallest absolute Gasteiger partial charge is 0.241 e. The molecule has 3 fully saturated rings. The van der Waals surface area contributed by atoms with E-state index >= 15 is 0 Å². The lowest BCUT2D eigenvalue weighted by atomic mass is 9.43. The van der Waals surface area contributed by atoms with Crippen molar-refractivity contribution in [3.63, 3.8) is 0 Å². The van der Waals surface area contributed by atoms with Gasteiger partial charge in [-0.25, -0.2) is 5.84 Å². The molecule has 0 spiro atoms. The number of carbonyl (C=O) groups excluding carboxylic acids is 1. The van der Waals surface area contributed by atoms with Crippen molar-refractivity contribution in [3.8, 4) is 0 Å². The molecule has 4 heteroatoms. The van der Waals surface area contributed by atoms with Gasteiger partial charge in [0.1, 0.15) is 0 Å². The number of carbonyl (C=O) groups is 1. The van der Waals surface area contributed by atoms with Crippen LogP contribution in [-0.2, 0) is 4.79 Å². The maximum atomic E-state index is 11.9. The quantitative estimate of drug-likeness (QED) is 0.326. The van der Waals surface area contributed by atoms with Gasteiger partial charge < -0.3 is 0 Å². The van der Waals surface area contributed by atoms with E-state index < -0.39 is 0 Å². The number of nitrogens with one attached hydrogen (secondary N) is 1. The predicted molar refractivity (Wildman–Crippen MR) is 58.6 cm³/mol. The van der Waals surface area contributed by atoms with Crippen molar-refractivity contribution in [1.82, 2.24) is 5.43 Å². The van der Waals surface area contributed by atoms with Crippen molar-refractivity contribution < 1.29 is 4.79 Å². The molecule has 3 atom stereocenters. The molecule has 0 radical (unpaired) electrons. The first-order chi connectivity index (χ1) is 6.34. The standard InChI is InChI=1S/C10H17BrN2O/c1-8(2)9(3)4-5-10(8,6(9)11)7(14)13-12/h6H,4-5,12H2,1-3H3,(H,13,14)/t6-,9-,10-/m1/s1. The lowest BCUT2D eigenvalue weighted by molar-refractivity contribution is -0.161. The zero-order chi connectivity index (χ0) is 10.8. The number of halogens is 1. The van der Waals surface area contributed by atoms with Gasteiger partial charge in [0.15, 0.2) is 0 Å². The summed E-state index contributed by atoms with van der Waals surface area (Å²) in [5.74, 6) is 5.25. The molecule has 3 nitrogen and oxygen atoms in total. The van der Waals surface area contributed by atoms with Crippen molar-refractivity contribution in [2.45, 2.75) is 38.4 Å². The second kappa shape index (κ2) is 2.53. The third kappa shape index (κ3) is 0.703. The highest BCUT2D eigenvalue weighted by atomic mass is 79.9. The molecule has 0 aromatic rings. The Bertz CT molecular complexity index is 304. The van der Waals surface area contributed by atoms with Crippen LogP contribution in [0.15, 0.2) is 0 Å². The van der Waals surface area contributed by atoms with Gasteiger partial charge >= 0.3 is 0 Å². The van der Waals surface area contributed by atoms with Crippen LogP contribution in [0.4, 0.5) is 0 Å². The molecule has 1 amide bonds. The Kier molecular flexibility index (Phi) is 1.88. The average molecular weight is 261 g/mol. The topological polar surface area (TPSA) is 55.1 Å². The summed E-state index contributed by atoms with van der Waals surface area (Å²) in [6, 6.07) is 0. The summed E-state index contributed by atoms with van der Waals surface area (Å²) in [6.07, 6.45) is 2.04. The Hall–Kier alpha value is -0.0900. The molecule has 3 saturated carbocycles. The second-order valence-corrected chi connectivity index (χ2v) is 6.27. The Morgan fingerprint density at radius 1 is 1.43 bits per heavy atom. The Morgan fingerprint density at radius 2 is 2.00 bits per heavy atom. The first-order valence-corrected chi connectivity index (χ1v) is 5.91. The average Bonchev–Trinajstić information content (AvgIpc) is 2.54. The van der Waals surface area contributed by atoms with Gasteiger partial charge in [-0.1, -0.05) is 36.7 Å². The molecule has 3 aliphatic carbocycles. The summed E-state index contributed by atoms with van der Waals surface area (Å²) in [7, 11) is 0. The highest BCUT2D eigenvalue weighted by Crippen LogP contribution is 2.79. The largest absolute Gasteiger partial charge is 0.294 e. The molecule has 0 heterocycles. The van der Waals surface area contributed by atoms with E-state index in [1.54, 1.807) is 0 Å². The number of fused-ring (bicyclic) bond motifs is 1. The van der Waals surface area contributed by atoms with Crippen molar-refractivity contribution in [1.29, 1.82) is 0 Å². The van der Waals surface area contributed by atoms with E-state index in [1.165, 1.54) is 0 Å². The lowest BCUT2D eigenvalue weighted by Crippen LogP contribution is -2.69.